The van der Waals surface area contributed by atoms with Gasteiger partial charge in [0.15, 0.2) is 0 Å². The molecular formula is C13H17N2O2+. The fraction of sp³-hybridized carbons (Fsp3) is 0.385. The van der Waals surface area contributed by atoms with Crippen molar-refractivity contribution in [3.8, 4) is 0 Å². The van der Waals surface area contributed by atoms with Crippen LogP contribution in [0.2, 0.25) is 0 Å². The SMILES string of the molecule is CCCCC1C(=O)NN(c2ccccc2)C1=O.[H+]. The van der Waals surface area contributed by atoms with Crippen LogP contribution < -0.4 is 10.4 Å². The number of nitrogens with one attached hydrogen (secondary N) is 1. The summed E-state index contributed by atoms with van der Waals surface area (Å²) in [7, 11) is 0. The van der Waals surface area contributed by atoms with Crippen molar-refractivity contribution < 1.29 is 11.0 Å². The topological polar surface area (TPSA) is 49.4 Å². The molecule has 0 spiro atoms. The molecular weight excluding hydrogens is 216 g/mol. The number of rotatable bonds is 4. The lowest BCUT2D eigenvalue weighted by atomic mass is 10.0. The van der Waals surface area contributed by atoms with Crippen LogP contribution in [0.25, 0.3) is 0 Å². The summed E-state index contributed by atoms with van der Waals surface area (Å²) in [6.45, 7) is 2.05. The molecule has 0 radical (unpaired) electrons. The quantitative estimate of drug-likeness (QED) is 0.808. The van der Waals surface area contributed by atoms with Crippen LogP contribution in [0.5, 0.6) is 0 Å². The van der Waals surface area contributed by atoms with Gasteiger partial charge in [0.2, 0.25) is 0 Å². The van der Waals surface area contributed by atoms with Crippen molar-refractivity contribution in [2.24, 2.45) is 5.92 Å². The lowest BCUT2D eigenvalue weighted by molar-refractivity contribution is -0.127. The van der Waals surface area contributed by atoms with E-state index in [9.17, 15) is 9.59 Å². The Labute approximate surface area is 102 Å². The van der Waals surface area contributed by atoms with Crippen LogP contribution in [0.15, 0.2) is 30.3 Å². The number of carbonyl (C=O) groups is 2. The number of hydrazine groups is 1. The van der Waals surface area contributed by atoms with Crippen molar-refractivity contribution >= 4 is 17.5 Å². The van der Waals surface area contributed by atoms with Crippen LogP contribution in [0.1, 0.15) is 27.6 Å². The zero-order valence-corrected chi connectivity index (χ0v) is 9.85. The van der Waals surface area contributed by atoms with Gasteiger partial charge in [-0.1, -0.05) is 38.0 Å². The number of hydrogen-bond acceptors (Lipinski definition) is 2. The summed E-state index contributed by atoms with van der Waals surface area (Å²) in [6, 6.07) is 9.17. The average molecular weight is 233 g/mol. The number of nitrogens with zero attached hydrogens (tertiary/aromatic N) is 1. The van der Waals surface area contributed by atoms with Gasteiger partial charge in [0.1, 0.15) is 5.92 Å². The smallest absolute Gasteiger partial charge is 0.272 e. The van der Waals surface area contributed by atoms with Crippen molar-refractivity contribution in [1.29, 1.82) is 0 Å². The van der Waals surface area contributed by atoms with Crippen molar-refractivity contribution in [1.82, 2.24) is 5.43 Å². The summed E-state index contributed by atoms with van der Waals surface area (Å²) >= 11 is 0. The summed E-state index contributed by atoms with van der Waals surface area (Å²) < 4.78 is 0. The minimum Gasteiger partial charge on any atom is -0.272 e. The minimum absolute atomic E-state index is 0. The average Bonchev–Trinajstić information content (AvgIpc) is 2.64. The normalized spacial score (nSPS) is 19.6. The molecule has 1 aromatic carbocycles. The van der Waals surface area contributed by atoms with Crippen LogP contribution in [0, 0.1) is 5.92 Å². The van der Waals surface area contributed by atoms with Gasteiger partial charge < -0.3 is 0 Å². The number of para-hydroxylation sites is 1. The van der Waals surface area contributed by atoms with Crippen molar-refractivity contribution in [3.63, 3.8) is 0 Å². The second-order valence-corrected chi connectivity index (χ2v) is 4.18. The maximum atomic E-state index is 12.1. The van der Waals surface area contributed by atoms with E-state index in [0.717, 1.165) is 12.8 Å². The van der Waals surface area contributed by atoms with Crippen molar-refractivity contribution in [3.05, 3.63) is 30.3 Å². The predicted molar refractivity (Wildman–Crippen MR) is 66.2 cm³/mol. The van der Waals surface area contributed by atoms with Gasteiger partial charge in [0, 0.05) is 0 Å². The van der Waals surface area contributed by atoms with E-state index in [1.54, 1.807) is 12.1 Å². The van der Waals surface area contributed by atoms with E-state index in [1.807, 2.05) is 25.1 Å². The molecule has 1 aliphatic heterocycles. The van der Waals surface area contributed by atoms with E-state index in [4.69, 9.17) is 0 Å². The van der Waals surface area contributed by atoms with Gasteiger partial charge >= 0.3 is 1.43 Å². The molecule has 1 heterocycles. The highest BCUT2D eigenvalue weighted by molar-refractivity contribution is 6.14. The molecule has 4 heteroatoms. The molecule has 2 amide bonds. The Morgan fingerprint density at radius 1 is 1.29 bits per heavy atom. The highest BCUT2D eigenvalue weighted by Gasteiger charge is 2.39. The standard InChI is InChI=1S/C13H16N2O2/c1-2-3-9-11-12(16)14-15(13(11)17)10-7-5-4-6-8-10/h4-8,11H,2-3,9H2,1H3,(H,14,16)/p+1. The fourth-order valence-corrected chi connectivity index (χ4v) is 1.94. The maximum Gasteiger partial charge on any atom is 1.00 e. The highest BCUT2D eigenvalue weighted by Crippen LogP contribution is 2.22. The van der Waals surface area contributed by atoms with E-state index < -0.39 is 5.92 Å². The summed E-state index contributed by atoms with van der Waals surface area (Å²) in [5.41, 5.74) is 3.34. The van der Waals surface area contributed by atoms with E-state index in [1.165, 1.54) is 5.01 Å². The third kappa shape index (κ3) is 2.30. The molecule has 1 N–H and O–H groups in total. The van der Waals surface area contributed by atoms with Gasteiger partial charge in [0.25, 0.3) is 11.8 Å². The van der Waals surface area contributed by atoms with Gasteiger partial charge in [-0.2, -0.15) is 0 Å². The molecule has 1 atom stereocenters. The van der Waals surface area contributed by atoms with Gasteiger partial charge in [0.05, 0.1) is 5.69 Å². The van der Waals surface area contributed by atoms with Crippen molar-refractivity contribution in [2.75, 3.05) is 5.01 Å². The molecule has 1 unspecified atom stereocenters. The number of amides is 2. The third-order valence-corrected chi connectivity index (χ3v) is 2.92. The van der Waals surface area contributed by atoms with E-state index in [2.05, 4.69) is 5.43 Å². The Hall–Kier alpha value is -1.84. The van der Waals surface area contributed by atoms with Gasteiger partial charge in [-0.15, -0.1) is 0 Å². The summed E-state index contributed by atoms with van der Waals surface area (Å²) in [5, 5.41) is 1.35. The zero-order valence-electron chi connectivity index (χ0n) is 10.8. The predicted octanol–water partition coefficient (Wildman–Crippen LogP) is 1.98. The Balaban J connectivity index is 0.00000162. The Kier molecular flexibility index (Phi) is 3.42. The molecule has 90 valence electrons. The lowest BCUT2D eigenvalue weighted by Gasteiger charge is -2.14. The lowest BCUT2D eigenvalue weighted by Crippen LogP contribution is -2.35. The first-order valence-corrected chi connectivity index (χ1v) is 5.93. The van der Waals surface area contributed by atoms with Crippen LogP contribution >= 0.6 is 0 Å². The van der Waals surface area contributed by atoms with Crippen LogP contribution in [0.4, 0.5) is 5.69 Å². The summed E-state index contributed by atoms with van der Waals surface area (Å²) in [6.07, 6.45) is 2.51. The van der Waals surface area contributed by atoms with Crippen LogP contribution in [-0.2, 0) is 9.59 Å². The molecule has 1 saturated heterocycles. The van der Waals surface area contributed by atoms with E-state index in [-0.39, 0.29) is 13.2 Å². The first kappa shape index (κ1) is 11.6. The largest absolute Gasteiger partial charge is 1.00 e. The zero-order chi connectivity index (χ0) is 12.3. The molecule has 1 aliphatic rings. The number of benzene rings is 1. The fourth-order valence-electron chi connectivity index (χ4n) is 1.94. The molecule has 0 saturated carbocycles. The highest BCUT2D eigenvalue weighted by atomic mass is 16.2. The van der Waals surface area contributed by atoms with Crippen LogP contribution in [0.3, 0.4) is 0 Å². The van der Waals surface area contributed by atoms with Gasteiger partial charge in [-0.3, -0.25) is 15.0 Å². The van der Waals surface area contributed by atoms with E-state index >= 15 is 0 Å². The minimum atomic E-state index is -0.518. The molecule has 0 aromatic heterocycles. The first-order chi connectivity index (χ1) is 8.24. The number of carbonyl (C=O) groups excluding carboxylic acids is 2. The van der Waals surface area contributed by atoms with Crippen molar-refractivity contribution in [2.45, 2.75) is 26.2 Å². The second kappa shape index (κ2) is 4.99. The van der Waals surface area contributed by atoms with E-state index in [0.29, 0.717) is 12.1 Å². The monoisotopic (exact) mass is 233 g/mol. The Morgan fingerprint density at radius 2 is 2.00 bits per heavy atom. The van der Waals surface area contributed by atoms with Crippen LogP contribution in [-0.4, -0.2) is 11.8 Å². The van der Waals surface area contributed by atoms with Gasteiger partial charge in [-0.05, 0) is 18.6 Å². The number of hydrogen-bond donors (Lipinski definition) is 1. The maximum absolute atomic E-state index is 12.1. The molecule has 17 heavy (non-hydrogen) atoms. The molecule has 4 nitrogen and oxygen atoms in total. The third-order valence-electron chi connectivity index (χ3n) is 2.92. The Morgan fingerprint density at radius 3 is 2.65 bits per heavy atom. The molecule has 0 bridgehead atoms. The summed E-state index contributed by atoms with van der Waals surface area (Å²) in [5.74, 6) is -0.850. The second-order valence-electron chi connectivity index (χ2n) is 4.18. The Bertz CT molecular complexity index is 422. The molecule has 0 aliphatic carbocycles. The number of unbranched alkanes of at least 4 members (excludes halogenated alkanes) is 1. The number of anilines is 1. The molecule has 1 fully saturated rings. The molecule has 1 aromatic rings. The first-order valence-electron chi connectivity index (χ1n) is 5.93. The summed E-state index contributed by atoms with van der Waals surface area (Å²) in [4.78, 5) is 23.8. The van der Waals surface area contributed by atoms with Gasteiger partial charge in [-0.25, -0.2) is 5.01 Å². The molecule has 2 rings (SSSR count).